The molecule has 21 heavy (non-hydrogen) atoms. The van der Waals surface area contributed by atoms with Crippen LogP contribution in [-0.4, -0.2) is 36.8 Å². The fraction of sp³-hybridized carbons (Fsp3) is 0.750. The molecule has 1 aromatic heterocycles. The van der Waals surface area contributed by atoms with Crippen LogP contribution in [0.2, 0.25) is 5.15 Å². The normalized spacial score (nSPS) is 15.3. The Morgan fingerprint density at radius 3 is 2.52 bits per heavy atom. The maximum atomic E-state index is 6.27. The minimum absolute atomic E-state index is 0.116. The SMILES string of the molecule is Cc1c(Cl)nc(C(C)(C)C)nc1N(C)CCOCC1CC1. The lowest BCUT2D eigenvalue weighted by molar-refractivity contribution is 0.130. The maximum Gasteiger partial charge on any atom is 0.137 e. The number of rotatable bonds is 6. The summed E-state index contributed by atoms with van der Waals surface area (Å²) in [6.07, 6.45) is 2.65. The molecule has 0 N–H and O–H groups in total. The molecule has 5 heteroatoms. The van der Waals surface area contributed by atoms with E-state index in [0.717, 1.165) is 42.9 Å². The van der Waals surface area contributed by atoms with Crippen molar-refractivity contribution in [2.45, 2.75) is 46.0 Å². The third-order valence-corrected chi connectivity index (χ3v) is 4.08. The van der Waals surface area contributed by atoms with Crippen molar-refractivity contribution < 1.29 is 4.74 Å². The average Bonchev–Trinajstić information content (AvgIpc) is 3.20. The number of ether oxygens (including phenoxy) is 1. The first kappa shape index (κ1) is 16.5. The minimum atomic E-state index is -0.116. The Morgan fingerprint density at radius 2 is 1.95 bits per heavy atom. The maximum absolute atomic E-state index is 6.27. The number of anilines is 1. The first-order valence-electron chi connectivity index (χ1n) is 7.62. The Kier molecular flexibility index (Phi) is 5.10. The molecule has 0 spiro atoms. The Morgan fingerprint density at radius 1 is 1.29 bits per heavy atom. The molecular weight excluding hydrogens is 286 g/mol. The number of likely N-dealkylation sites (N-methyl/N-ethyl adjacent to an activating group) is 1. The van der Waals surface area contributed by atoms with Gasteiger partial charge in [-0.25, -0.2) is 9.97 Å². The first-order chi connectivity index (χ1) is 9.79. The molecule has 1 aliphatic rings. The van der Waals surface area contributed by atoms with E-state index in [1.165, 1.54) is 12.8 Å². The Bertz CT molecular complexity index is 495. The molecule has 0 bridgehead atoms. The molecule has 1 aliphatic carbocycles. The third-order valence-electron chi connectivity index (χ3n) is 3.71. The zero-order valence-corrected chi connectivity index (χ0v) is 14.5. The topological polar surface area (TPSA) is 38.2 Å². The van der Waals surface area contributed by atoms with Crippen LogP contribution < -0.4 is 4.90 Å². The molecule has 0 radical (unpaired) electrons. The van der Waals surface area contributed by atoms with Crippen molar-refractivity contribution in [3.8, 4) is 0 Å². The van der Waals surface area contributed by atoms with Gasteiger partial charge in [0.2, 0.25) is 0 Å². The van der Waals surface area contributed by atoms with E-state index >= 15 is 0 Å². The van der Waals surface area contributed by atoms with E-state index in [2.05, 4.69) is 30.7 Å². The van der Waals surface area contributed by atoms with E-state index in [4.69, 9.17) is 21.3 Å². The van der Waals surface area contributed by atoms with Crippen LogP contribution >= 0.6 is 11.6 Å². The van der Waals surface area contributed by atoms with Crippen molar-refractivity contribution in [2.75, 3.05) is 31.7 Å². The molecule has 1 fully saturated rings. The molecule has 0 unspecified atom stereocenters. The predicted octanol–water partition coefficient (Wildman–Crippen LogP) is 3.60. The number of hydrogen-bond acceptors (Lipinski definition) is 4. The highest BCUT2D eigenvalue weighted by atomic mass is 35.5. The molecule has 0 saturated heterocycles. The molecule has 1 heterocycles. The molecule has 1 aromatic rings. The van der Waals surface area contributed by atoms with Crippen LogP contribution in [0.1, 0.15) is 45.0 Å². The molecule has 4 nitrogen and oxygen atoms in total. The molecule has 0 amide bonds. The van der Waals surface area contributed by atoms with Gasteiger partial charge in [0.05, 0.1) is 6.61 Å². The summed E-state index contributed by atoms with van der Waals surface area (Å²) in [5.74, 6) is 2.48. The Balaban J connectivity index is 2.03. The quantitative estimate of drug-likeness (QED) is 0.594. The van der Waals surface area contributed by atoms with E-state index in [1.807, 2.05) is 14.0 Å². The number of nitrogens with zero attached hydrogens (tertiary/aromatic N) is 3. The fourth-order valence-electron chi connectivity index (χ4n) is 2.03. The summed E-state index contributed by atoms with van der Waals surface area (Å²) in [6, 6.07) is 0. The van der Waals surface area contributed by atoms with E-state index in [0.29, 0.717) is 5.15 Å². The van der Waals surface area contributed by atoms with Crippen LogP contribution in [0.15, 0.2) is 0 Å². The third kappa shape index (κ3) is 4.55. The van der Waals surface area contributed by atoms with Gasteiger partial charge in [0.1, 0.15) is 16.8 Å². The van der Waals surface area contributed by atoms with Gasteiger partial charge in [-0.2, -0.15) is 0 Å². The van der Waals surface area contributed by atoms with Gasteiger partial charge >= 0.3 is 0 Å². The molecule has 0 aliphatic heterocycles. The van der Waals surface area contributed by atoms with Crippen LogP contribution in [0.3, 0.4) is 0 Å². The molecule has 2 rings (SSSR count). The lowest BCUT2D eigenvalue weighted by atomic mass is 9.95. The zero-order chi connectivity index (χ0) is 15.6. The van der Waals surface area contributed by atoms with Gasteiger partial charge in [-0.15, -0.1) is 0 Å². The summed E-state index contributed by atoms with van der Waals surface area (Å²) < 4.78 is 5.70. The second kappa shape index (κ2) is 6.49. The van der Waals surface area contributed by atoms with Gasteiger partial charge in [0.15, 0.2) is 0 Å². The summed E-state index contributed by atoms with van der Waals surface area (Å²) in [6.45, 7) is 10.7. The van der Waals surface area contributed by atoms with Crippen molar-refractivity contribution in [3.63, 3.8) is 0 Å². The first-order valence-corrected chi connectivity index (χ1v) is 8.00. The van der Waals surface area contributed by atoms with Crippen molar-refractivity contribution in [1.82, 2.24) is 9.97 Å². The standard InChI is InChI=1S/C16H26ClN3O/c1-11-13(17)18-15(16(2,3)4)19-14(11)20(5)8-9-21-10-12-6-7-12/h12H,6-10H2,1-5H3. The second-order valence-electron chi connectivity index (χ2n) is 6.98. The van der Waals surface area contributed by atoms with Gasteiger partial charge in [-0.1, -0.05) is 32.4 Å². The minimum Gasteiger partial charge on any atom is -0.379 e. The summed E-state index contributed by atoms with van der Waals surface area (Å²) in [5.41, 5.74) is 0.810. The lowest BCUT2D eigenvalue weighted by Gasteiger charge is -2.24. The van der Waals surface area contributed by atoms with Gasteiger partial charge < -0.3 is 9.64 Å². The summed E-state index contributed by atoms with van der Waals surface area (Å²) in [4.78, 5) is 11.2. The smallest absolute Gasteiger partial charge is 0.137 e. The molecular formula is C16H26ClN3O. The van der Waals surface area contributed by atoms with E-state index in [9.17, 15) is 0 Å². The van der Waals surface area contributed by atoms with Crippen LogP contribution in [0.5, 0.6) is 0 Å². The number of halogens is 1. The largest absolute Gasteiger partial charge is 0.379 e. The Labute approximate surface area is 132 Å². The van der Waals surface area contributed by atoms with Crippen molar-refractivity contribution in [2.24, 2.45) is 5.92 Å². The molecule has 0 aromatic carbocycles. The van der Waals surface area contributed by atoms with Crippen molar-refractivity contribution in [1.29, 1.82) is 0 Å². The average molecular weight is 312 g/mol. The van der Waals surface area contributed by atoms with Crippen molar-refractivity contribution >= 4 is 17.4 Å². The van der Waals surface area contributed by atoms with Crippen LogP contribution in [0.4, 0.5) is 5.82 Å². The number of hydrogen-bond donors (Lipinski definition) is 0. The predicted molar refractivity (Wildman–Crippen MR) is 87.3 cm³/mol. The van der Waals surface area contributed by atoms with Crippen LogP contribution in [-0.2, 0) is 10.2 Å². The number of aromatic nitrogens is 2. The van der Waals surface area contributed by atoms with Gasteiger partial charge in [-0.3, -0.25) is 0 Å². The van der Waals surface area contributed by atoms with Gasteiger partial charge in [0.25, 0.3) is 0 Å². The van der Waals surface area contributed by atoms with Crippen LogP contribution in [0.25, 0.3) is 0 Å². The molecule has 1 saturated carbocycles. The summed E-state index contributed by atoms with van der Waals surface area (Å²) >= 11 is 6.27. The molecule has 0 atom stereocenters. The second-order valence-corrected chi connectivity index (χ2v) is 7.33. The van der Waals surface area contributed by atoms with Gasteiger partial charge in [0, 0.05) is 31.2 Å². The highest BCUT2D eigenvalue weighted by Crippen LogP contribution is 2.29. The lowest BCUT2D eigenvalue weighted by Crippen LogP contribution is -2.27. The van der Waals surface area contributed by atoms with Crippen LogP contribution in [0, 0.1) is 12.8 Å². The highest BCUT2D eigenvalue weighted by molar-refractivity contribution is 6.30. The van der Waals surface area contributed by atoms with Crippen molar-refractivity contribution in [3.05, 3.63) is 16.5 Å². The molecule has 118 valence electrons. The van der Waals surface area contributed by atoms with E-state index in [-0.39, 0.29) is 5.41 Å². The van der Waals surface area contributed by atoms with E-state index in [1.54, 1.807) is 0 Å². The van der Waals surface area contributed by atoms with E-state index < -0.39 is 0 Å². The van der Waals surface area contributed by atoms with Gasteiger partial charge in [-0.05, 0) is 25.7 Å². The summed E-state index contributed by atoms with van der Waals surface area (Å²) in [7, 11) is 2.03. The monoisotopic (exact) mass is 311 g/mol. The highest BCUT2D eigenvalue weighted by Gasteiger charge is 2.23. The zero-order valence-electron chi connectivity index (χ0n) is 13.7. The summed E-state index contributed by atoms with van der Waals surface area (Å²) in [5, 5.41) is 0.538. The fourth-order valence-corrected chi connectivity index (χ4v) is 2.19. The Hall–Kier alpha value is -0.870.